The van der Waals surface area contributed by atoms with Crippen molar-refractivity contribution < 1.29 is 22.6 Å². The Morgan fingerprint density at radius 1 is 1.16 bits per heavy atom. The molecular weight excluding hydrogens is 339 g/mol. The van der Waals surface area contributed by atoms with Crippen LogP contribution in [0, 0.1) is 17.5 Å². The van der Waals surface area contributed by atoms with Crippen molar-refractivity contribution in [3.63, 3.8) is 0 Å². The summed E-state index contributed by atoms with van der Waals surface area (Å²) in [4.78, 5) is 18.1. The van der Waals surface area contributed by atoms with Gasteiger partial charge in [0.2, 0.25) is 5.75 Å². The molecule has 0 amide bonds. The molecule has 0 unspecified atom stereocenters. The van der Waals surface area contributed by atoms with Gasteiger partial charge in [-0.1, -0.05) is 0 Å². The maximum absolute atomic E-state index is 13.3. The Bertz CT molecular complexity index is 875. The molecule has 0 N–H and O–H groups in total. The smallest absolute Gasteiger partial charge is 0.352 e. The van der Waals surface area contributed by atoms with E-state index >= 15 is 0 Å². The van der Waals surface area contributed by atoms with Crippen LogP contribution >= 0.6 is 0 Å². The standard InChI is InChI=1S/C16H14F3N3O3/c17-10-6-9(7-11(18)12(10)19)8-25-14-13-15-21(4-5-24-13)2-1-3-22(15)16(23)20-14/h6-7H,1-5,8H2. The largest absolute Gasteiger partial charge is 0.483 e. The van der Waals surface area contributed by atoms with Gasteiger partial charge >= 0.3 is 5.69 Å². The van der Waals surface area contributed by atoms with Gasteiger partial charge in [-0.2, -0.15) is 4.98 Å². The van der Waals surface area contributed by atoms with E-state index in [1.54, 1.807) is 0 Å². The molecule has 0 radical (unpaired) electrons. The summed E-state index contributed by atoms with van der Waals surface area (Å²) >= 11 is 0. The number of halogens is 3. The predicted octanol–water partition coefficient (Wildman–Crippen LogP) is 1.84. The van der Waals surface area contributed by atoms with Crippen molar-refractivity contribution in [2.45, 2.75) is 19.6 Å². The molecule has 1 aromatic carbocycles. The monoisotopic (exact) mass is 353 g/mol. The minimum atomic E-state index is -1.54. The molecule has 4 rings (SSSR count). The van der Waals surface area contributed by atoms with Crippen molar-refractivity contribution in [2.75, 3.05) is 24.6 Å². The van der Waals surface area contributed by atoms with E-state index in [2.05, 4.69) is 4.98 Å². The fraction of sp³-hybridized carbons (Fsp3) is 0.375. The second-order valence-electron chi connectivity index (χ2n) is 5.86. The Hall–Kier alpha value is -2.71. The molecule has 2 aromatic rings. The summed E-state index contributed by atoms with van der Waals surface area (Å²) < 4.78 is 52.2. The number of nitrogens with zero attached hydrogens (tertiary/aromatic N) is 3. The molecule has 0 aliphatic carbocycles. The Labute approximate surface area is 140 Å². The van der Waals surface area contributed by atoms with Gasteiger partial charge in [0, 0.05) is 13.1 Å². The number of hydrogen-bond donors (Lipinski definition) is 0. The van der Waals surface area contributed by atoms with Gasteiger partial charge in [0.25, 0.3) is 5.88 Å². The third-order valence-corrected chi connectivity index (χ3v) is 4.22. The van der Waals surface area contributed by atoms with E-state index in [0.717, 1.165) is 25.1 Å². The minimum absolute atomic E-state index is 0.0343. The molecule has 0 fully saturated rings. The van der Waals surface area contributed by atoms with Crippen LogP contribution in [0.2, 0.25) is 0 Å². The number of hydrogen-bond acceptors (Lipinski definition) is 5. The number of ether oxygens (including phenoxy) is 2. The van der Waals surface area contributed by atoms with Crippen molar-refractivity contribution in [3.05, 3.63) is 45.6 Å². The summed E-state index contributed by atoms with van der Waals surface area (Å²) in [5.74, 6) is -3.23. The number of benzene rings is 1. The van der Waals surface area contributed by atoms with Crippen molar-refractivity contribution in [2.24, 2.45) is 0 Å². The third-order valence-electron chi connectivity index (χ3n) is 4.22. The highest BCUT2D eigenvalue weighted by atomic mass is 19.2. The van der Waals surface area contributed by atoms with Crippen LogP contribution in [-0.2, 0) is 13.2 Å². The summed E-state index contributed by atoms with van der Waals surface area (Å²) in [5.41, 5.74) is -0.392. The second-order valence-corrected chi connectivity index (χ2v) is 5.86. The van der Waals surface area contributed by atoms with Crippen LogP contribution in [0.3, 0.4) is 0 Å². The van der Waals surface area contributed by atoms with E-state index in [1.165, 1.54) is 4.57 Å². The molecule has 0 saturated heterocycles. The van der Waals surface area contributed by atoms with Crippen LogP contribution in [0.1, 0.15) is 12.0 Å². The molecule has 0 bridgehead atoms. The fourth-order valence-corrected chi connectivity index (χ4v) is 3.09. The van der Waals surface area contributed by atoms with Crippen LogP contribution in [0.25, 0.3) is 0 Å². The molecule has 1 aromatic heterocycles. The van der Waals surface area contributed by atoms with E-state index in [9.17, 15) is 18.0 Å². The van der Waals surface area contributed by atoms with Crippen LogP contribution in [0.4, 0.5) is 19.0 Å². The van der Waals surface area contributed by atoms with Gasteiger partial charge in [-0.15, -0.1) is 0 Å². The average molecular weight is 353 g/mol. The third kappa shape index (κ3) is 2.69. The Morgan fingerprint density at radius 2 is 1.92 bits per heavy atom. The summed E-state index contributed by atoms with van der Waals surface area (Å²) in [6.45, 7) is 2.14. The fourth-order valence-electron chi connectivity index (χ4n) is 3.09. The number of anilines is 1. The lowest BCUT2D eigenvalue weighted by Gasteiger charge is -2.36. The van der Waals surface area contributed by atoms with Crippen LogP contribution < -0.4 is 20.1 Å². The lowest BCUT2D eigenvalue weighted by molar-refractivity contribution is 0.236. The van der Waals surface area contributed by atoms with Gasteiger partial charge < -0.3 is 14.4 Å². The molecule has 0 atom stereocenters. The zero-order valence-corrected chi connectivity index (χ0v) is 13.1. The molecule has 25 heavy (non-hydrogen) atoms. The molecule has 3 heterocycles. The first-order valence-electron chi connectivity index (χ1n) is 7.83. The molecule has 0 saturated carbocycles. The first-order valence-corrected chi connectivity index (χ1v) is 7.83. The number of aromatic nitrogens is 2. The molecule has 2 aliphatic heterocycles. The maximum atomic E-state index is 13.3. The summed E-state index contributed by atoms with van der Waals surface area (Å²) in [6.07, 6.45) is 0.836. The first kappa shape index (κ1) is 15.8. The van der Waals surface area contributed by atoms with Gasteiger partial charge in [-0.3, -0.25) is 4.57 Å². The Balaban J connectivity index is 1.67. The lowest BCUT2D eigenvalue weighted by Crippen LogP contribution is -2.43. The van der Waals surface area contributed by atoms with Gasteiger partial charge in [0.1, 0.15) is 13.2 Å². The van der Waals surface area contributed by atoms with Gasteiger partial charge in [0.15, 0.2) is 23.3 Å². The lowest BCUT2D eigenvalue weighted by atomic mass is 10.2. The molecular formula is C16H14F3N3O3. The minimum Gasteiger partial charge on any atom is -0.483 e. The van der Waals surface area contributed by atoms with E-state index in [1.807, 2.05) is 4.90 Å². The van der Waals surface area contributed by atoms with Gasteiger partial charge in [-0.05, 0) is 24.1 Å². The van der Waals surface area contributed by atoms with Crippen molar-refractivity contribution in [1.82, 2.24) is 9.55 Å². The van der Waals surface area contributed by atoms with E-state index in [4.69, 9.17) is 9.47 Å². The molecule has 132 valence electrons. The predicted molar refractivity (Wildman–Crippen MR) is 81.5 cm³/mol. The van der Waals surface area contributed by atoms with Crippen molar-refractivity contribution in [3.8, 4) is 11.6 Å². The SMILES string of the molecule is O=c1nc(OCc2cc(F)c(F)c(F)c2)c2c3n1CCCN3CCO2. The summed E-state index contributed by atoms with van der Waals surface area (Å²) in [6, 6.07) is 1.67. The van der Waals surface area contributed by atoms with Crippen molar-refractivity contribution in [1.29, 1.82) is 0 Å². The highest BCUT2D eigenvalue weighted by Crippen LogP contribution is 2.39. The highest BCUT2D eigenvalue weighted by molar-refractivity contribution is 5.60. The zero-order valence-electron chi connectivity index (χ0n) is 13.1. The first-order chi connectivity index (χ1) is 12.0. The molecule has 2 aliphatic rings. The van der Waals surface area contributed by atoms with E-state index < -0.39 is 23.1 Å². The molecule has 6 nitrogen and oxygen atoms in total. The summed E-state index contributed by atoms with van der Waals surface area (Å²) in [5, 5.41) is 0. The van der Waals surface area contributed by atoms with Crippen LogP contribution in [0.15, 0.2) is 16.9 Å². The topological polar surface area (TPSA) is 56.6 Å². The summed E-state index contributed by atoms with van der Waals surface area (Å²) in [7, 11) is 0. The van der Waals surface area contributed by atoms with Gasteiger partial charge in [-0.25, -0.2) is 18.0 Å². The van der Waals surface area contributed by atoms with E-state index in [0.29, 0.717) is 31.3 Å². The van der Waals surface area contributed by atoms with Crippen LogP contribution in [-0.4, -0.2) is 29.2 Å². The normalized spacial score (nSPS) is 15.6. The van der Waals surface area contributed by atoms with Gasteiger partial charge in [0.05, 0.1) is 6.54 Å². The van der Waals surface area contributed by atoms with Crippen LogP contribution in [0.5, 0.6) is 11.6 Å². The average Bonchev–Trinajstić information content (AvgIpc) is 2.61. The number of rotatable bonds is 3. The quantitative estimate of drug-likeness (QED) is 0.789. The zero-order chi connectivity index (χ0) is 17.6. The molecule has 9 heteroatoms. The Kier molecular flexibility index (Phi) is 3.78. The molecule has 0 spiro atoms. The second kappa shape index (κ2) is 5.98. The Morgan fingerprint density at radius 3 is 2.68 bits per heavy atom. The maximum Gasteiger partial charge on any atom is 0.352 e. The highest BCUT2D eigenvalue weighted by Gasteiger charge is 2.30. The van der Waals surface area contributed by atoms with E-state index in [-0.39, 0.29) is 18.1 Å². The van der Waals surface area contributed by atoms with Crippen molar-refractivity contribution >= 4 is 5.82 Å².